The molecule has 2 rings (SSSR count). The van der Waals surface area contributed by atoms with Crippen LogP contribution in [0.2, 0.25) is 0 Å². The van der Waals surface area contributed by atoms with Gasteiger partial charge in [-0.15, -0.1) is 11.6 Å². The third-order valence-corrected chi connectivity index (χ3v) is 3.21. The minimum absolute atomic E-state index is 0.411. The van der Waals surface area contributed by atoms with E-state index in [2.05, 4.69) is 16.2 Å². The summed E-state index contributed by atoms with van der Waals surface area (Å²) in [6.07, 6.45) is 3.14. The van der Waals surface area contributed by atoms with Crippen LogP contribution in [-0.2, 0) is 0 Å². The first-order chi connectivity index (χ1) is 8.80. The molecule has 1 aromatic heterocycles. The maximum absolute atomic E-state index is 10.9. The molecular formula is C13H12ClN3O. The highest BCUT2D eigenvalue weighted by molar-refractivity contribution is 6.17. The van der Waals surface area contributed by atoms with Gasteiger partial charge in [-0.05, 0) is 31.0 Å². The quantitative estimate of drug-likeness (QED) is 0.656. The first-order valence-electron chi connectivity index (χ1n) is 5.69. The Hall–Kier alpha value is -1.86. The first kappa shape index (κ1) is 12.6. The lowest BCUT2D eigenvalue weighted by atomic mass is 10.0. The lowest BCUT2D eigenvalue weighted by Gasteiger charge is -2.06. The first-order valence-corrected chi connectivity index (χ1v) is 6.23. The fourth-order valence-electron chi connectivity index (χ4n) is 2.02. The number of aromatic nitrogens is 1. The largest absolute Gasteiger partial charge is 0.361 e. The van der Waals surface area contributed by atoms with E-state index in [0.29, 0.717) is 17.9 Å². The van der Waals surface area contributed by atoms with Gasteiger partial charge >= 0.3 is 0 Å². The van der Waals surface area contributed by atoms with Gasteiger partial charge in [-0.2, -0.15) is 10.2 Å². The zero-order chi connectivity index (χ0) is 13.0. The number of benzene rings is 1. The Morgan fingerprint density at radius 1 is 1.50 bits per heavy atom. The maximum atomic E-state index is 10.9. The molecule has 0 spiro atoms. The van der Waals surface area contributed by atoms with E-state index in [9.17, 15) is 4.91 Å². The zero-order valence-electron chi connectivity index (χ0n) is 9.69. The van der Waals surface area contributed by atoms with Gasteiger partial charge in [0.1, 0.15) is 6.04 Å². The number of halogens is 1. The Kier molecular flexibility index (Phi) is 3.96. The summed E-state index contributed by atoms with van der Waals surface area (Å²) in [7, 11) is 0. The standard InChI is InChI=1S/C13H12ClN3O/c14-5-1-2-13(17-18)11-8-16-12-4-3-9(7-15)6-10(11)12/h3-4,6,8,13,16H,1-2,5H2. The summed E-state index contributed by atoms with van der Waals surface area (Å²) in [4.78, 5) is 14.0. The number of nitrogens with one attached hydrogen (secondary N) is 1. The van der Waals surface area contributed by atoms with Crippen LogP contribution < -0.4 is 0 Å². The number of H-pyrrole nitrogens is 1. The number of aromatic amines is 1. The molecule has 1 heterocycles. The summed E-state index contributed by atoms with van der Waals surface area (Å²) in [5, 5.41) is 12.9. The minimum atomic E-state index is -0.411. The molecule has 92 valence electrons. The summed E-state index contributed by atoms with van der Waals surface area (Å²) < 4.78 is 0. The molecule has 5 heteroatoms. The van der Waals surface area contributed by atoms with Crippen molar-refractivity contribution < 1.29 is 0 Å². The average molecular weight is 262 g/mol. The fourth-order valence-corrected chi connectivity index (χ4v) is 2.18. The van der Waals surface area contributed by atoms with Gasteiger partial charge in [0.25, 0.3) is 0 Å². The second kappa shape index (κ2) is 5.65. The predicted molar refractivity (Wildman–Crippen MR) is 71.5 cm³/mol. The van der Waals surface area contributed by atoms with E-state index in [-0.39, 0.29) is 0 Å². The van der Waals surface area contributed by atoms with Crippen LogP contribution in [0.1, 0.15) is 30.0 Å². The highest BCUT2D eigenvalue weighted by atomic mass is 35.5. The molecule has 2 aromatic rings. The molecule has 0 fully saturated rings. The Morgan fingerprint density at radius 2 is 2.33 bits per heavy atom. The van der Waals surface area contributed by atoms with Gasteiger partial charge in [0.2, 0.25) is 0 Å². The molecule has 0 amide bonds. The number of fused-ring (bicyclic) bond motifs is 1. The molecule has 1 aromatic carbocycles. The van der Waals surface area contributed by atoms with Crippen LogP contribution >= 0.6 is 11.6 Å². The van der Waals surface area contributed by atoms with Crippen molar-refractivity contribution in [2.75, 3.05) is 5.88 Å². The van der Waals surface area contributed by atoms with Crippen LogP contribution in [0.5, 0.6) is 0 Å². The maximum Gasteiger partial charge on any atom is 0.119 e. The molecule has 0 saturated carbocycles. The van der Waals surface area contributed by atoms with Crippen LogP contribution in [0.25, 0.3) is 10.9 Å². The minimum Gasteiger partial charge on any atom is -0.361 e. The Balaban J connectivity index is 2.43. The average Bonchev–Trinajstić information content (AvgIpc) is 2.83. The number of nitriles is 1. The summed E-state index contributed by atoms with van der Waals surface area (Å²) in [6.45, 7) is 0. The van der Waals surface area contributed by atoms with Crippen LogP contribution in [0, 0.1) is 16.2 Å². The van der Waals surface area contributed by atoms with Crippen LogP contribution in [0.4, 0.5) is 0 Å². The fraction of sp³-hybridized carbons (Fsp3) is 0.308. The van der Waals surface area contributed by atoms with Crippen LogP contribution in [0.3, 0.4) is 0 Å². The van der Waals surface area contributed by atoms with E-state index in [4.69, 9.17) is 16.9 Å². The van der Waals surface area contributed by atoms with E-state index in [1.807, 2.05) is 6.07 Å². The number of alkyl halides is 1. The monoisotopic (exact) mass is 261 g/mol. The molecule has 1 N–H and O–H groups in total. The summed E-state index contributed by atoms with van der Waals surface area (Å²) in [6, 6.07) is 7.03. The van der Waals surface area contributed by atoms with Gasteiger partial charge in [-0.1, -0.05) is 5.18 Å². The Bertz CT molecular complexity index is 600. The van der Waals surface area contributed by atoms with Gasteiger partial charge in [-0.25, -0.2) is 0 Å². The molecule has 0 aliphatic carbocycles. The number of hydrogen-bond acceptors (Lipinski definition) is 3. The predicted octanol–water partition coefficient (Wildman–Crippen LogP) is 3.87. The van der Waals surface area contributed by atoms with Gasteiger partial charge in [-0.3, -0.25) is 0 Å². The van der Waals surface area contributed by atoms with Gasteiger partial charge in [0.05, 0.1) is 11.6 Å². The second-order valence-electron chi connectivity index (χ2n) is 4.07. The van der Waals surface area contributed by atoms with E-state index >= 15 is 0 Å². The molecule has 1 atom stereocenters. The highest BCUT2D eigenvalue weighted by Crippen LogP contribution is 2.30. The van der Waals surface area contributed by atoms with E-state index < -0.39 is 6.04 Å². The highest BCUT2D eigenvalue weighted by Gasteiger charge is 2.16. The lowest BCUT2D eigenvalue weighted by Crippen LogP contribution is -1.94. The smallest absolute Gasteiger partial charge is 0.119 e. The van der Waals surface area contributed by atoms with Crippen molar-refractivity contribution in [3.05, 3.63) is 40.4 Å². The number of hydrogen-bond donors (Lipinski definition) is 1. The molecule has 0 aliphatic heterocycles. The van der Waals surface area contributed by atoms with Gasteiger partial charge < -0.3 is 4.98 Å². The SMILES string of the molecule is N#Cc1ccc2[nH]cc(C(CCCCl)N=O)c2c1. The van der Waals surface area contributed by atoms with Crippen molar-refractivity contribution in [1.82, 2.24) is 4.98 Å². The molecule has 0 aliphatic rings. The second-order valence-corrected chi connectivity index (χ2v) is 4.45. The number of nitrogens with zero attached hydrogens (tertiary/aromatic N) is 2. The third kappa shape index (κ3) is 2.36. The van der Waals surface area contributed by atoms with Gasteiger partial charge in [0, 0.05) is 28.5 Å². The lowest BCUT2D eigenvalue weighted by molar-refractivity contribution is 0.643. The molecule has 1 unspecified atom stereocenters. The molecule has 0 saturated heterocycles. The van der Waals surface area contributed by atoms with Crippen molar-refractivity contribution in [1.29, 1.82) is 5.26 Å². The molecule has 18 heavy (non-hydrogen) atoms. The molecule has 0 radical (unpaired) electrons. The van der Waals surface area contributed by atoms with Crippen LogP contribution in [-0.4, -0.2) is 10.9 Å². The van der Waals surface area contributed by atoms with E-state index in [0.717, 1.165) is 22.9 Å². The van der Waals surface area contributed by atoms with Crippen molar-refractivity contribution in [2.45, 2.75) is 18.9 Å². The zero-order valence-corrected chi connectivity index (χ0v) is 10.4. The normalized spacial score (nSPS) is 12.2. The van der Waals surface area contributed by atoms with Gasteiger partial charge in [0.15, 0.2) is 0 Å². The number of rotatable bonds is 5. The van der Waals surface area contributed by atoms with Crippen molar-refractivity contribution in [3.8, 4) is 6.07 Å². The summed E-state index contributed by atoms with van der Waals surface area (Å²) in [5.41, 5.74) is 2.32. The topological polar surface area (TPSA) is 69.0 Å². The Labute approximate surface area is 110 Å². The van der Waals surface area contributed by atoms with E-state index in [1.54, 1.807) is 18.3 Å². The van der Waals surface area contributed by atoms with Crippen LogP contribution in [0.15, 0.2) is 29.6 Å². The summed E-state index contributed by atoms with van der Waals surface area (Å²) >= 11 is 5.64. The molecular weight excluding hydrogens is 250 g/mol. The van der Waals surface area contributed by atoms with E-state index in [1.165, 1.54) is 0 Å². The molecule has 4 nitrogen and oxygen atoms in total. The molecule has 0 bridgehead atoms. The van der Waals surface area contributed by atoms with Crippen molar-refractivity contribution in [2.24, 2.45) is 5.18 Å². The van der Waals surface area contributed by atoms with Crippen molar-refractivity contribution in [3.63, 3.8) is 0 Å². The Morgan fingerprint density at radius 3 is 3.00 bits per heavy atom. The number of nitroso groups, excluding NO2 is 1. The third-order valence-electron chi connectivity index (χ3n) is 2.94. The summed E-state index contributed by atoms with van der Waals surface area (Å²) in [5.74, 6) is 0.512. The van der Waals surface area contributed by atoms with Crippen molar-refractivity contribution >= 4 is 22.5 Å².